The summed E-state index contributed by atoms with van der Waals surface area (Å²) in [5, 5.41) is 14.1. The zero-order valence-electron chi connectivity index (χ0n) is 12.0. The number of anilines is 1. The maximum Gasteiger partial charge on any atom is 0.422 e. The van der Waals surface area contributed by atoms with E-state index in [9.17, 15) is 35.5 Å². The molecule has 12 heteroatoms. The zero-order chi connectivity index (χ0) is 19.1. The molecule has 1 amide bonds. The number of hydrogen-bond donors (Lipinski definition) is 1. The Labute approximate surface area is 134 Å². The number of hydrogen-bond acceptors (Lipinski definition) is 3. The van der Waals surface area contributed by atoms with Gasteiger partial charge in [0.2, 0.25) is 5.91 Å². The summed E-state index contributed by atoms with van der Waals surface area (Å²) >= 11 is 0. The molecular weight excluding hydrogens is 361 g/mol. The summed E-state index contributed by atoms with van der Waals surface area (Å²) < 4.78 is 93.2. The van der Waals surface area contributed by atoms with Gasteiger partial charge in [0.1, 0.15) is 22.9 Å². The van der Waals surface area contributed by atoms with Gasteiger partial charge in [-0.15, -0.1) is 0 Å². The van der Waals surface area contributed by atoms with Gasteiger partial charge in [-0.2, -0.15) is 23.5 Å². The number of rotatable bonds is 2. The van der Waals surface area contributed by atoms with Crippen LogP contribution in [0.2, 0.25) is 0 Å². The van der Waals surface area contributed by atoms with Crippen molar-refractivity contribution in [3.05, 3.63) is 40.6 Å². The molecule has 0 radical (unpaired) electrons. The van der Waals surface area contributed by atoms with E-state index >= 15 is 0 Å². The molecule has 0 fully saturated rings. The second kappa shape index (κ2) is 6.08. The Hall–Kier alpha value is -3.10. The first kappa shape index (κ1) is 18.2. The molecule has 0 bridgehead atoms. The highest BCUT2D eigenvalue weighted by Crippen LogP contribution is 2.38. The number of benzene rings is 1. The van der Waals surface area contributed by atoms with Crippen LogP contribution in [0.15, 0.2) is 6.20 Å². The van der Waals surface area contributed by atoms with Gasteiger partial charge >= 0.3 is 6.18 Å². The summed E-state index contributed by atoms with van der Waals surface area (Å²) in [5.74, 6) is -11.7. The molecule has 5 nitrogen and oxygen atoms in total. The molecule has 25 heavy (non-hydrogen) atoms. The van der Waals surface area contributed by atoms with E-state index in [4.69, 9.17) is 5.26 Å². The van der Waals surface area contributed by atoms with Crippen LogP contribution in [0.4, 0.5) is 36.6 Å². The first-order chi connectivity index (χ1) is 11.5. The lowest BCUT2D eigenvalue weighted by molar-refractivity contribution is -0.143. The molecule has 0 aliphatic heterocycles. The average Bonchev–Trinajstić information content (AvgIpc) is 2.86. The van der Waals surface area contributed by atoms with Crippen molar-refractivity contribution in [1.29, 1.82) is 5.26 Å². The van der Waals surface area contributed by atoms with Gasteiger partial charge in [-0.25, -0.2) is 22.2 Å². The van der Waals surface area contributed by atoms with E-state index in [0.717, 1.165) is 6.92 Å². The maximum atomic E-state index is 14.0. The number of aromatic nitrogens is 2. The summed E-state index contributed by atoms with van der Waals surface area (Å²) in [6.45, 7) is 0.944. The normalized spacial score (nSPS) is 11.3. The fourth-order valence-electron chi connectivity index (χ4n) is 1.94. The van der Waals surface area contributed by atoms with Crippen LogP contribution in [0.3, 0.4) is 0 Å². The van der Waals surface area contributed by atoms with Gasteiger partial charge in [0, 0.05) is 6.92 Å². The number of alkyl halides is 3. The lowest BCUT2D eigenvalue weighted by Crippen LogP contribution is -2.20. The number of nitrogens with zero attached hydrogens (tertiary/aromatic N) is 3. The number of nitriles is 1. The first-order valence-electron chi connectivity index (χ1n) is 6.19. The predicted octanol–water partition coefficient (Wildman–Crippen LogP) is 3.28. The van der Waals surface area contributed by atoms with Gasteiger partial charge in [0.05, 0.1) is 6.20 Å². The van der Waals surface area contributed by atoms with Gasteiger partial charge in [-0.05, 0) is 0 Å². The lowest BCUT2D eigenvalue weighted by Gasteiger charge is -2.15. The maximum absolute atomic E-state index is 14.0. The topological polar surface area (TPSA) is 70.7 Å². The molecule has 0 aliphatic carbocycles. The Kier molecular flexibility index (Phi) is 4.44. The Morgan fingerprint density at radius 2 is 1.68 bits per heavy atom. The van der Waals surface area contributed by atoms with E-state index in [-0.39, 0.29) is 4.68 Å². The van der Waals surface area contributed by atoms with Crippen LogP contribution < -0.4 is 5.32 Å². The highest BCUT2D eigenvalue weighted by molar-refractivity contribution is 5.89. The molecule has 0 saturated heterocycles. The zero-order valence-corrected chi connectivity index (χ0v) is 12.0. The molecule has 2 aromatic rings. The molecule has 1 aromatic heterocycles. The summed E-state index contributed by atoms with van der Waals surface area (Å²) in [7, 11) is 0. The minimum absolute atomic E-state index is 0.0803. The number of carbonyl (C=O) groups is 1. The first-order valence-corrected chi connectivity index (χ1v) is 6.19. The second-order valence-electron chi connectivity index (χ2n) is 4.59. The Morgan fingerprint density at radius 1 is 1.16 bits per heavy atom. The molecule has 0 spiro atoms. The fraction of sp³-hybridized carbons (Fsp3) is 0.154. The Balaban J connectivity index is 2.85. The van der Waals surface area contributed by atoms with Crippen LogP contribution in [0.1, 0.15) is 18.1 Å². The number of carbonyl (C=O) groups excluding carboxylic acids is 1. The third-order valence-electron chi connectivity index (χ3n) is 2.92. The van der Waals surface area contributed by atoms with E-state index in [1.807, 2.05) is 5.32 Å². The lowest BCUT2D eigenvalue weighted by atomic mass is 10.1. The van der Waals surface area contributed by atoms with E-state index in [1.165, 1.54) is 6.07 Å². The van der Waals surface area contributed by atoms with Crippen LogP contribution in [-0.4, -0.2) is 15.7 Å². The second-order valence-corrected chi connectivity index (χ2v) is 4.59. The fourth-order valence-corrected chi connectivity index (χ4v) is 1.94. The van der Waals surface area contributed by atoms with E-state index in [0.29, 0.717) is 6.20 Å². The highest BCUT2D eigenvalue weighted by Gasteiger charge is 2.43. The van der Waals surface area contributed by atoms with Crippen molar-refractivity contribution in [3.63, 3.8) is 0 Å². The van der Waals surface area contributed by atoms with Crippen molar-refractivity contribution in [2.75, 3.05) is 5.32 Å². The molecule has 0 saturated carbocycles. The summed E-state index contributed by atoms with van der Waals surface area (Å²) in [5.41, 5.74) is -4.86. The van der Waals surface area contributed by atoms with Crippen LogP contribution in [0.25, 0.3) is 5.69 Å². The van der Waals surface area contributed by atoms with Crippen LogP contribution in [-0.2, 0) is 11.0 Å². The van der Waals surface area contributed by atoms with Crippen molar-refractivity contribution < 1.29 is 35.5 Å². The van der Waals surface area contributed by atoms with E-state index < -0.39 is 58.0 Å². The third-order valence-corrected chi connectivity index (χ3v) is 2.92. The molecule has 132 valence electrons. The van der Waals surface area contributed by atoms with E-state index in [1.54, 1.807) is 0 Å². The largest absolute Gasteiger partial charge is 0.422 e. The van der Waals surface area contributed by atoms with Crippen LogP contribution >= 0.6 is 0 Å². The minimum Gasteiger partial charge on any atom is -0.310 e. The van der Waals surface area contributed by atoms with Crippen molar-refractivity contribution in [3.8, 4) is 11.8 Å². The standard InChI is InChI=1S/C13H5F7N4O/c1-4(25)23-12-5(2-21)3-22-24(12)11-9(16)7(14)6(13(18,19)20)8(15)10(11)17/h3H,1H3,(H,23,25). The molecule has 1 N–H and O–H groups in total. The predicted molar refractivity (Wildman–Crippen MR) is 67.4 cm³/mol. The minimum atomic E-state index is -5.70. The van der Waals surface area contributed by atoms with Gasteiger partial charge < -0.3 is 5.32 Å². The molecule has 0 unspecified atom stereocenters. The average molecular weight is 366 g/mol. The molecular formula is C13H5F7N4O. The number of nitrogens with one attached hydrogen (secondary N) is 1. The van der Waals surface area contributed by atoms with Crippen molar-refractivity contribution in [2.45, 2.75) is 13.1 Å². The van der Waals surface area contributed by atoms with Gasteiger partial charge in [-0.3, -0.25) is 4.79 Å². The van der Waals surface area contributed by atoms with Gasteiger partial charge in [0.25, 0.3) is 0 Å². The van der Waals surface area contributed by atoms with Gasteiger partial charge in [-0.1, -0.05) is 0 Å². The van der Waals surface area contributed by atoms with Gasteiger partial charge in [0.15, 0.2) is 29.1 Å². The molecule has 1 heterocycles. The smallest absolute Gasteiger partial charge is 0.310 e. The summed E-state index contributed by atoms with van der Waals surface area (Å²) in [4.78, 5) is 11.1. The quantitative estimate of drug-likeness (QED) is 0.655. The SMILES string of the molecule is CC(=O)Nc1c(C#N)cnn1-c1c(F)c(F)c(C(F)(F)F)c(F)c1F. The monoisotopic (exact) mass is 366 g/mol. The molecule has 0 atom stereocenters. The Morgan fingerprint density at radius 3 is 2.08 bits per heavy atom. The molecule has 1 aromatic carbocycles. The molecule has 2 rings (SSSR count). The summed E-state index contributed by atoms with van der Waals surface area (Å²) in [6, 6.07) is 1.48. The Bertz CT molecular complexity index is 882. The highest BCUT2D eigenvalue weighted by atomic mass is 19.4. The number of amides is 1. The van der Waals surface area contributed by atoms with Crippen molar-refractivity contribution >= 4 is 11.7 Å². The van der Waals surface area contributed by atoms with E-state index in [2.05, 4.69) is 5.10 Å². The number of halogens is 7. The van der Waals surface area contributed by atoms with Crippen LogP contribution in [0.5, 0.6) is 0 Å². The summed E-state index contributed by atoms with van der Waals surface area (Å²) in [6.07, 6.45) is -5.01. The van der Waals surface area contributed by atoms with Crippen molar-refractivity contribution in [2.24, 2.45) is 0 Å². The van der Waals surface area contributed by atoms with Crippen molar-refractivity contribution in [1.82, 2.24) is 9.78 Å². The van der Waals surface area contributed by atoms with Crippen LogP contribution in [0, 0.1) is 34.6 Å². The third kappa shape index (κ3) is 3.00. The molecule has 0 aliphatic rings.